The average Bonchev–Trinajstić information content (AvgIpc) is 2.84. The molecule has 0 fully saturated rings. The van der Waals surface area contributed by atoms with E-state index in [1.54, 1.807) is 0 Å². The van der Waals surface area contributed by atoms with E-state index >= 15 is 0 Å². The number of benzene rings is 1. The SMILES string of the molecule is CNc1nc(C)nc2c1cnn2-c1cc(C)ccc1C. The molecule has 3 aromatic rings. The first-order chi connectivity index (χ1) is 9.60. The minimum atomic E-state index is 0.730. The van der Waals surface area contributed by atoms with E-state index in [0.717, 1.165) is 28.4 Å². The van der Waals surface area contributed by atoms with Crippen LogP contribution in [0.4, 0.5) is 5.82 Å². The summed E-state index contributed by atoms with van der Waals surface area (Å²) in [4.78, 5) is 8.93. The lowest BCUT2D eigenvalue weighted by Crippen LogP contribution is -2.03. The third kappa shape index (κ3) is 1.91. The molecular weight excluding hydrogens is 250 g/mol. The Morgan fingerprint density at radius 1 is 1.10 bits per heavy atom. The zero-order chi connectivity index (χ0) is 14.3. The van der Waals surface area contributed by atoms with Crippen molar-refractivity contribution in [2.75, 3.05) is 12.4 Å². The molecule has 0 saturated carbocycles. The fourth-order valence-electron chi connectivity index (χ4n) is 2.33. The van der Waals surface area contributed by atoms with Crippen molar-refractivity contribution in [2.45, 2.75) is 20.8 Å². The van der Waals surface area contributed by atoms with Gasteiger partial charge in [0.2, 0.25) is 0 Å². The fourth-order valence-corrected chi connectivity index (χ4v) is 2.33. The summed E-state index contributed by atoms with van der Waals surface area (Å²) in [5, 5.41) is 8.52. The predicted octanol–water partition coefficient (Wildman–Crippen LogP) is 2.78. The summed E-state index contributed by atoms with van der Waals surface area (Å²) in [6.45, 7) is 6.05. The highest BCUT2D eigenvalue weighted by atomic mass is 15.3. The molecule has 3 rings (SSSR count). The summed E-state index contributed by atoms with van der Waals surface area (Å²) in [7, 11) is 1.86. The van der Waals surface area contributed by atoms with Gasteiger partial charge in [-0.3, -0.25) is 0 Å². The molecule has 5 nitrogen and oxygen atoms in total. The quantitative estimate of drug-likeness (QED) is 0.775. The van der Waals surface area contributed by atoms with E-state index in [1.165, 1.54) is 11.1 Å². The lowest BCUT2D eigenvalue weighted by atomic mass is 10.1. The number of aryl methyl sites for hydroxylation is 3. The maximum absolute atomic E-state index is 4.54. The average molecular weight is 267 g/mol. The number of anilines is 1. The maximum Gasteiger partial charge on any atom is 0.168 e. The van der Waals surface area contributed by atoms with Gasteiger partial charge < -0.3 is 5.32 Å². The molecule has 2 heterocycles. The third-order valence-corrected chi connectivity index (χ3v) is 3.37. The normalized spacial score (nSPS) is 11.0. The Morgan fingerprint density at radius 3 is 2.65 bits per heavy atom. The van der Waals surface area contributed by atoms with E-state index in [-0.39, 0.29) is 0 Å². The maximum atomic E-state index is 4.54. The van der Waals surface area contributed by atoms with Crippen LogP contribution < -0.4 is 5.32 Å². The van der Waals surface area contributed by atoms with E-state index in [1.807, 2.05) is 24.9 Å². The first-order valence-corrected chi connectivity index (χ1v) is 6.58. The summed E-state index contributed by atoms with van der Waals surface area (Å²) in [5.74, 6) is 1.54. The summed E-state index contributed by atoms with van der Waals surface area (Å²) in [5.41, 5.74) is 4.26. The van der Waals surface area contributed by atoms with E-state index in [9.17, 15) is 0 Å². The molecule has 1 aromatic carbocycles. The Bertz CT molecular complexity index is 788. The van der Waals surface area contributed by atoms with Gasteiger partial charge in [-0.25, -0.2) is 14.6 Å². The minimum absolute atomic E-state index is 0.730. The van der Waals surface area contributed by atoms with E-state index < -0.39 is 0 Å². The Hall–Kier alpha value is -2.43. The molecule has 0 saturated heterocycles. The second-order valence-electron chi connectivity index (χ2n) is 4.95. The summed E-state index contributed by atoms with van der Waals surface area (Å²) >= 11 is 0. The number of aromatic nitrogens is 4. The van der Waals surface area contributed by atoms with Crippen LogP contribution in [0.5, 0.6) is 0 Å². The molecule has 0 amide bonds. The topological polar surface area (TPSA) is 55.6 Å². The summed E-state index contributed by atoms with van der Waals surface area (Å²) in [6, 6.07) is 6.33. The largest absolute Gasteiger partial charge is 0.372 e. The van der Waals surface area contributed by atoms with Crippen LogP contribution in [-0.4, -0.2) is 26.8 Å². The monoisotopic (exact) mass is 267 g/mol. The van der Waals surface area contributed by atoms with Gasteiger partial charge in [-0.1, -0.05) is 12.1 Å². The van der Waals surface area contributed by atoms with Crippen molar-refractivity contribution >= 4 is 16.9 Å². The van der Waals surface area contributed by atoms with Gasteiger partial charge in [-0.05, 0) is 38.0 Å². The number of fused-ring (bicyclic) bond motifs is 1. The highest BCUT2D eigenvalue weighted by molar-refractivity contribution is 5.87. The molecule has 20 heavy (non-hydrogen) atoms. The Labute approximate surface area is 117 Å². The van der Waals surface area contributed by atoms with E-state index in [0.29, 0.717) is 0 Å². The van der Waals surface area contributed by atoms with Crippen LogP contribution >= 0.6 is 0 Å². The number of hydrogen-bond donors (Lipinski definition) is 1. The molecule has 2 aromatic heterocycles. The van der Waals surface area contributed by atoms with Gasteiger partial charge in [-0.2, -0.15) is 5.10 Å². The van der Waals surface area contributed by atoms with Crippen LogP contribution in [0.15, 0.2) is 24.4 Å². The lowest BCUT2D eigenvalue weighted by molar-refractivity contribution is 0.881. The first kappa shape index (κ1) is 12.6. The van der Waals surface area contributed by atoms with Crippen molar-refractivity contribution in [1.82, 2.24) is 19.7 Å². The standard InChI is InChI=1S/C15H17N5/c1-9-5-6-10(2)13(7-9)20-15-12(8-17-20)14(16-4)18-11(3)19-15/h5-8H,1-4H3,(H,16,18,19). The zero-order valence-electron chi connectivity index (χ0n) is 12.1. The number of hydrogen-bond acceptors (Lipinski definition) is 4. The predicted molar refractivity (Wildman–Crippen MR) is 80.4 cm³/mol. The molecule has 0 aliphatic rings. The molecule has 0 spiro atoms. The fraction of sp³-hybridized carbons (Fsp3) is 0.267. The second-order valence-corrected chi connectivity index (χ2v) is 4.95. The molecule has 0 unspecified atom stereocenters. The molecule has 1 N–H and O–H groups in total. The second kappa shape index (κ2) is 4.59. The molecule has 0 bridgehead atoms. The van der Waals surface area contributed by atoms with Crippen molar-refractivity contribution in [3.8, 4) is 5.69 Å². The van der Waals surface area contributed by atoms with Gasteiger partial charge in [0.05, 0.1) is 17.3 Å². The number of nitrogens with zero attached hydrogens (tertiary/aromatic N) is 4. The Morgan fingerprint density at radius 2 is 1.90 bits per heavy atom. The van der Waals surface area contributed by atoms with Gasteiger partial charge in [0.1, 0.15) is 11.6 Å². The molecule has 0 radical (unpaired) electrons. The van der Waals surface area contributed by atoms with Crippen molar-refractivity contribution < 1.29 is 0 Å². The number of rotatable bonds is 2. The first-order valence-electron chi connectivity index (χ1n) is 6.58. The minimum Gasteiger partial charge on any atom is -0.372 e. The molecule has 0 aliphatic heterocycles. The molecule has 5 heteroatoms. The third-order valence-electron chi connectivity index (χ3n) is 3.37. The van der Waals surface area contributed by atoms with Gasteiger partial charge in [0.25, 0.3) is 0 Å². The smallest absolute Gasteiger partial charge is 0.168 e. The summed E-state index contributed by atoms with van der Waals surface area (Å²) < 4.78 is 1.88. The van der Waals surface area contributed by atoms with Crippen LogP contribution in [0.2, 0.25) is 0 Å². The highest BCUT2D eigenvalue weighted by Gasteiger charge is 2.13. The summed E-state index contributed by atoms with van der Waals surface area (Å²) in [6.07, 6.45) is 1.81. The zero-order valence-corrected chi connectivity index (χ0v) is 12.1. The molecule has 102 valence electrons. The Balaban J connectivity index is 2.32. The molecular formula is C15H17N5. The van der Waals surface area contributed by atoms with Gasteiger partial charge >= 0.3 is 0 Å². The van der Waals surface area contributed by atoms with E-state index in [4.69, 9.17) is 0 Å². The van der Waals surface area contributed by atoms with Gasteiger partial charge in [-0.15, -0.1) is 0 Å². The van der Waals surface area contributed by atoms with Crippen LogP contribution in [0.1, 0.15) is 17.0 Å². The highest BCUT2D eigenvalue weighted by Crippen LogP contribution is 2.24. The van der Waals surface area contributed by atoms with Crippen molar-refractivity contribution in [1.29, 1.82) is 0 Å². The van der Waals surface area contributed by atoms with Gasteiger partial charge in [0.15, 0.2) is 5.65 Å². The van der Waals surface area contributed by atoms with Crippen LogP contribution in [0.25, 0.3) is 16.7 Å². The lowest BCUT2D eigenvalue weighted by Gasteiger charge is -2.09. The van der Waals surface area contributed by atoms with Crippen molar-refractivity contribution in [2.24, 2.45) is 0 Å². The van der Waals surface area contributed by atoms with Crippen molar-refractivity contribution in [3.05, 3.63) is 41.3 Å². The van der Waals surface area contributed by atoms with E-state index in [2.05, 4.69) is 52.4 Å². The van der Waals surface area contributed by atoms with Crippen LogP contribution in [0.3, 0.4) is 0 Å². The Kier molecular flexibility index (Phi) is 2.89. The van der Waals surface area contributed by atoms with Crippen molar-refractivity contribution in [3.63, 3.8) is 0 Å². The number of nitrogens with one attached hydrogen (secondary N) is 1. The van der Waals surface area contributed by atoms with Gasteiger partial charge in [0, 0.05) is 7.05 Å². The van der Waals surface area contributed by atoms with Crippen LogP contribution in [-0.2, 0) is 0 Å². The van der Waals surface area contributed by atoms with Crippen LogP contribution in [0, 0.1) is 20.8 Å². The molecule has 0 atom stereocenters. The molecule has 0 aliphatic carbocycles.